The second-order valence-electron chi connectivity index (χ2n) is 5.21. The number of urea groups is 1. The highest BCUT2D eigenvalue weighted by molar-refractivity contribution is 6.34. The minimum Gasteiger partial charge on any atom is -0.398 e. The minimum atomic E-state index is -0.547. The van der Waals surface area contributed by atoms with Crippen LogP contribution < -0.4 is 16.8 Å². The molecule has 1 atom stereocenters. The molecule has 1 aromatic carbocycles. The number of likely N-dealkylation sites (tertiary alicyclic amines) is 1. The number of hydrogen-bond acceptors (Lipinski definition) is 3. The first-order chi connectivity index (χ1) is 9.99. The summed E-state index contributed by atoms with van der Waals surface area (Å²) in [5.41, 5.74) is 11.7. The standard InChI is InChI=1S/C14H19ClN4O2/c15-10-4-1-5-11(16)12(10)13(20)19-6-2-3-9(8-19)7-18-14(17)21/h1,4-5,9H,2-3,6-8,16H2,(H3,17,18,21). The highest BCUT2D eigenvalue weighted by atomic mass is 35.5. The van der Waals surface area contributed by atoms with Crippen molar-refractivity contribution in [2.75, 3.05) is 25.4 Å². The van der Waals surface area contributed by atoms with Crippen LogP contribution in [0.1, 0.15) is 23.2 Å². The van der Waals surface area contributed by atoms with Crippen molar-refractivity contribution in [1.82, 2.24) is 10.2 Å². The number of halogens is 1. The van der Waals surface area contributed by atoms with Crippen LogP contribution >= 0.6 is 11.6 Å². The maximum absolute atomic E-state index is 12.6. The molecule has 0 bridgehead atoms. The molecule has 21 heavy (non-hydrogen) atoms. The molecule has 7 heteroatoms. The number of nitrogen functional groups attached to an aromatic ring is 1. The topological polar surface area (TPSA) is 101 Å². The highest BCUT2D eigenvalue weighted by Crippen LogP contribution is 2.26. The molecule has 1 heterocycles. The Morgan fingerprint density at radius 1 is 1.43 bits per heavy atom. The van der Waals surface area contributed by atoms with Crippen molar-refractivity contribution in [1.29, 1.82) is 0 Å². The van der Waals surface area contributed by atoms with Gasteiger partial charge >= 0.3 is 6.03 Å². The fraction of sp³-hybridized carbons (Fsp3) is 0.429. The van der Waals surface area contributed by atoms with Crippen molar-refractivity contribution < 1.29 is 9.59 Å². The third kappa shape index (κ3) is 3.78. The van der Waals surface area contributed by atoms with Crippen LogP contribution in [0, 0.1) is 5.92 Å². The first-order valence-corrected chi connectivity index (χ1v) is 7.23. The molecule has 0 radical (unpaired) electrons. The largest absolute Gasteiger partial charge is 0.398 e. The van der Waals surface area contributed by atoms with E-state index in [-0.39, 0.29) is 11.8 Å². The van der Waals surface area contributed by atoms with Crippen LogP contribution in [0.25, 0.3) is 0 Å². The number of hydrogen-bond donors (Lipinski definition) is 3. The second-order valence-corrected chi connectivity index (χ2v) is 5.62. The van der Waals surface area contributed by atoms with E-state index in [9.17, 15) is 9.59 Å². The molecular formula is C14H19ClN4O2. The van der Waals surface area contributed by atoms with Crippen molar-refractivity contribution in [2.45, 2.75) is 12.8 Å². The normalized spacial score (nSPS) is 18.3. The van der Waals surface area contributed by atoms with Crippen LogP contribution in [0.3, 0.4) is 0 Å². The van der Waals surface area contributed by atoms with Gasteiger partial charge in [-0.25, -0.2) is 4.79 Å². The Balaban J connectivity index is 2.07. The van der Waals surface area contributed by atoms with Crippen LogP contribution in [-0.4, -0.2) is 36.5 Å². The molecule has 6 nitrogen and oxygen atoms in total. The molecule has 2 rings (SSSR count). The predicted octanol–water partition coefficient (Wildman–Crippen LogP) is 1.44. The third-order valence-corrected chi connectivity index (χ3v) is 3.95. The van der Waals surface area contributed by atoms with E-state index in [0.717, 1.165) is 12.8 Å². The molecule has 3 amide bonds. The summed E-state index contributed by atoms with van der Waals surface area (Å²) in [6.45, 7) is 1.69. The molecule has 0 aliphatic carbocycles. The number of piperidine rings is 1. The Morgan fingerprint density at radius 2 is 2.19 bits per heavy atom. The molecule has 114 valence electrons. The van der Waals surface area contributed by atoms with Gasteiger partial charge in [0.05, 0.1) is 10.6 Å². The third-order valence-electron chi connectivity index (χ3n) is 3.63. The molecule has 1 aliphatic heterocycles. The summed E-state index contributed by atoms with van der Waals surface area (Å²) in [6, 6.07) is 4.48. The summed E-state index contributed by atoms with van der Waals surface area (Å²) in [7, 11) is 0. The molecule has 1 aliphatic rings. The van der Waals surface area contributed by atoms with Crippen molar-refractivity contribution in [2.24, 2.45) is 11.7 Å². The summed E-state index contributed by atoms with van der Waals surface area (Å²) >= 11 is 6.08. The van der Waals surface area contributed by atoms with Crippen molar-refractivity contribution >= 4 is 29.2 Å². The van der Waals surface area contributed by atoms with Gasteiger partial charge in [0.2, 0.25) is 0 Å². The summed E-state index contributed by atoms with van der Waals surface area (Å²) in [4.78, 5) is 25.1. The number of nitrogens with two attached hydrogens (primary N) is 2. The van der Waals surface area contributed by atoms with Crippen molar-refractivity contribution in [3.63, 3.8) is 0 Å². The van der Waals surface area contributed by atoms with Gasteiger partial charge < -0.3 is 21.7 Å². The molecule has 5 N–H and O–H groups in total. The van der Waals surface area contributed by atoms with Gasteiger partial charge in [0.25, 0.3) is 5.91 Å². The minimum absolute atomic E-state index is 0.165. The molecule has 0 aromatic heterocycles. The number of carbonyl (C=O) groups is 2. The van der Waals surface area contributed by atoms with Crippen LogP contribution in [0.4, 0.5) is 10.5 Å². The lowest BCUT2D eigenvalue weighted by atomic mass is 9.97. The zero-order valence-electron chi connectivity index (χ0n) is 11.6. The predicted molar refractivity (Wildman–Crippen MR) is 82.1 cm³/mol. The number of rotatable bonds is 3. The lowest BCUT2D eigenvalue weighted by molar-refractivity contribution is 0.0676. The van der Waals surface area contributed by atoms with Gasteiger partial charge in [0.15, 0.2) is 0 Å². The molecule has 0 saturated carbocycles. The zero-order chi connectivity index (χ0) is 15.4. The summed E-state index contributed by atoms with van der Waals surface area (Å²) in [5.74, 6) is 0.0285. The number of nitrogens with zero attached hydrogens (tertiary/aromatic N) is 1. The van der Waals surface area contributed by atoms with E-state index in [1.807, 2.05) is 0 Å². The van der Waals surface area contributed by atoms with E-state index in [0.29, 0.717) is 35.9 Å². The van der Waals surface area contributed by atoms with E-state index in [2.05, 4.69) is 5.32 Å². The fourth-order valence-electron chi connectivity index (χ4n) is 2.59. The van der Waals surface area contributed by atoms with Crippen LogP contribution in [0.5, 0.6) is 0 Å². The fourth-order valence-corrected chi connectivity index (χ4v) is 2.85. The van der Waals surface area contributed by atoms with Crippen LogP contribution in [-0.2, 0) is 0 Å². The molecule has 1 fully saturated rings. The SMILES string of the molecule is NC(=O)NCC1CCCN(C(=O)c2c(N)cccc2Cl)C1. The van der Waals surface area contributed by atoms with E-state index in [1.165, 1.54) is 0 Å². The van der Waals surface area contributed by atoms with E-state index in [4.69, 9.17) is 23.1 Å². The second kappa shape index (κ2) is 6.67. The van der Waals surface area contributed by atoms with Gasteiger partial charge in [-0.05, 0) is 30.9 Å². The quantitative estimate of drug-likeness (QED) is 0.736. The molecule has 1 aromatic rings. The van der Waals surface area contributed by atoms with Gasteiger partial charge in [-0.1, -0.05) is 17.7 Å². The summed E-state index contributed by atoms with van der Waals surface area (Å²) in [6.07, 6.45) is 1.82. The number of nitrogens with one attached hydrogen (secondary N) is 1. The van der Waals surface area contributed by atoms with E-state index >= 15 is 0 Å². The summed E-state index contributed by atoms with van der Waals surface area (Å²) < 4.78 is 0. The Labute approximate surface area is 128 Å². The van der Waals surface area contributed by atoms with E-state index in [1.54, 1.807) is 23.1 Å². The van der Waals surface area contributed by atoms with Crippen LogP contribution in [0.15, 0.2) is 18.2 Å². The van der Waals surface area contributed by atoms with Crippen molar-refractivity contribution in [3.8, 4) is 0 Å². The van der Waals surface area contributed by atoms with E-state index < -0.39 is 6.03 Å². The lowest BCUT2D eigenvalue weighted by Gasteiger charge is -2.33. The monoisotopic (exact) mass is 310 g/mol. The zero-order valence-corrected chi connectivity index (χ0v) is 12.4. The van der Waals surface area contributed by atoms with Gasteiger partial charge in [-0.2, -0.15) is 0 Å². The number of anilines is 1. The maximum Gasteiger partial charge on any atom is 0.312 e. The lowest BCUT2D eigenvalue weighted by Crippen LogP contribution is -2.44. The first-order valence-electron chi connectivity index (χ1n) is 6.85. The Bertz CT molecular complexity index is 530. The number of benzene rings is 1. The van der Waals surface area contributed by atoms with Crippen molar-refractivity contribution in [3.05, 3.63) is 28.8 Å². The summed E-state index contributed by atoms with van der Waals surface area (Å²) in [5, 5.41) is 2.95. The molecule has 1 saturated heterocycles. The van der Waals surface area contributed by atoms with Gasteiger partial charge in [0, 0.05) is 25.3 Å². The Morgan fingerprint density at radius 3 is 2.86 bits per heavy atom. The van der Waals surface area contributed by atoms with Gasteiger partial charge in [-0.15, -0.1) is 0 Å². The van der Waals surface area contributed by atoms with Gasteiger partial charge in [-0.3, -0.25) is 4.79 Å². The maximum atomic E-state index is 12.6. The highest BCUT2D eigenvalue weighted by Gasteiger charge is 2.26. The average molecular weight is 311 g/mol. The Hall–Kier alpha value is -1.95. The molecule has 0 spiro atoms. The first kappa shape index (κ1) is 15.4. The van der Waals surface area contributed by atoms with Gasteiger partial charge in [0.1, 0.15) is 0 Å². The number of amides is 3. The molecular weight excluding hydrogens is 292 g/mol. The van der Waals surface area contributed by atoms with Crippen LogP contribution in [0.2, 0.25) is 5.02 Å². The number of primary amides is 1. The smallest absolute Gasteiger partial charge is 0.312 e. The number of carbonyl (C=O) groups excluding carboxylic acids is 2. The molecule has 1 unspecified atom stereocenters. The average Bonchev–Trinajstić information content (AvgIpc) is 2.45. The Kier molecular flexibility index (Phi) is 4.90.